The minimum Gasteiger partial charge on any atom is -0.290 e. The van der Waals surface area contributed by atoms with Crippen LogP contribution in [0.1, 0.15) is 19.8 Å². The van der Waals surface area contributed by atoms with Crippen molar-refractivity contribution in [1.29, 1.82) is 0 Å². The average Bonchev–Trinajstić information content (AvgIpc) is 1.94. The van der Waals surface area contributed by atoms with E-state index in [0.29, 0.717) is 0 Å². The van der Waals surface area contributed by atoms with Crippen molar-refractivity contribution >= 4 is 5.71 Å². The highest BCUT2D eigenvalue weighted by Gasteiger charge is 1.90. The maximum absolute atomic E-state index is 4.25. The zero-order chi connectivity index (χ0) is 5.82. The SMILES string of the molecule is CC1=NCC=CCC1. The molecule has 0 spiro atoms. The van der Waals surface area contributed by atoms with Crippen LogP contribution in [0.4, 0.5) is 0 Å². The predicted octanol–water partition coefficient (Wildman–Crippen LogP) is 1.80. The minimum atomic E-state index is 0.895. The van der Waals surface area contributed by atoms with Crippen LogP contribution < -0.4 is 0 Å². The van der Waals surface area contributed by atoms with Gasteiger partial charge >= 0.3 is 0 Å². The summed E-state index contributed by atoms with van der Waals surface area (Å²) in [5, 5.41) is 0. The normalized spacial score (nSPS) is 19.9. The van der Waals surface area contributed by atoms with Gasteiger partial charge in [-0.25, -0.2) is 0 Å². The molecule has 1 heterocycles. The summed E-state index contributed by atoms with van der Waals surface area (Å²) in [6, 6.07) is 0. The fourth-order valence-corrected chi connectivity index (χ4v) is 0.772. The molecule has 8 heavy (non-hydrogen) atoms. The molecule has 1 aliphatic heterocycles. The Morgan fingerprint density at radius 3 is 3.25 bits per heavy atom. The summed E-state index contributed by atoms with van der Waals surface area (Å²) in [6.45, 7) is 2.98. The Morgan fingerprint density at radius 2 is 2.38 bits per heavy atom. The van der Waals surface area contributed by atoms with Crippen LogP contribution >= 0.6 is 0 Å². The molecule has 0 radical (unpaired) electrons. The van der Waals surface area contributed by atoms with Gasteiger partial charge in [-0.05, 0) is 19.8 Å². The fourth-order valence-electron chi connectivity index (χ4n) is 0.772. The minimum absolute atomic E-state index is 0.895. The molecular weight excluding hydrogens is 98.1 g/mol. The van der Waals surface area contributed by atoms with Crippen LogP contribution in [0, 0.1) is 0 Å². The Kier molecular flexibility index (Phi) is 1.84. The molecule has 0 aliphatic carbocycles. The topological polar surface area (TPSA) is 12.4 Å². The highest BCUT2D eigenvalue weighted by atomic mass is 14.7. The molecule has 0 aromatic heterocycles. The third-order valence-corrected chi connectivity index (χ3v) is 1.31. The lowest BCUT2D eigenvalue weighted by molar-refractivity contribution is 1.10. The van der Waals surface area contributed by atoms with Gasteiger partial charge < -0.3 is 0 Å². The highest BCUT2D eigenvalue weighted by Crippen LogP contribution is 1.98. The number of allylic oxidation sites excluding steroid dienone is 1. The Balaban J connectivity index is 2.48. The van der Waals surface area contributed by atoms with E-state index in [0.717, 1.165) is 13.0 Å². The summed E-state index contributed by atoms with van der Waals surface area (Å²) in [5.41, 5.74) is 1.29. The second-order valence-electron chi connectivity index (χ2n) is 2.09. The molecule has 0 saturated heterocycles. The first-order valence-corrected chi connectivity index (χ1v) is 3.04. The van der Waals surface area contributed by atoms with E-state index in [9.17, 15) is 0 Å². The molecule has 0 fully saturated rings. The molecule has 1 heteroatoms. The van der Waals surface area contributed by atoms with E-state index in [2.05, 4.69) is 24.1 Å². The maximum Gasteiger partial charge on any atom is 0.0569 e. The quantitative estimate of drug-likeness (QED) is 0.420. The maximum atomic E-state index is 4.25. The average molecular weight is 109 g/mol. The Hall–Kier alpha value is -0.590. The molecule has 1 rings (SSSR count). The van der Waals surface area contributed by atoms with Gasteiger partial charge in [-0.15, -0.1) is 0 Å². The molecule has 0 amide bonds. The van der Waals surface area contributed by atoms with Gasteiger partial charge in [0.1, 0.15) is 0 Å². The lowest BCUT2D eigenvalue weighted by Gasteiger charge is -1.89. The van der Waals surface area contributed by atoms with Crippen LogP contribution in [-0.4, -0.2) is 12.3 Å². The molecule has 0 aromatic rings. The van der Waals surface area contributed by atoms with Gasteiger partial charge in [0.25, 0.3) is 0 Å². The Morgan fingerprint density at radius 1 is 1.50 bits per heavy atom. The number of hydrogen-bond donors (Lipinski definition) is 0. The lowest BCUT2D eigenvalue weighted by atomic mass is 10.2. The summed E-state index contributed by atoms with van der Waals surface area (Å²) >= 11 is 0. The van der Waals surface area contributed by atoms with E-state index in [4.69, 9.17) is 0 Å². The second-order valence-corrected chi connectivity index (χ2v) is 2.09. The second kappa shape index (κ2) is 2.65. The molecule has 0 atom stereocenters. The largest absolute Gasteiger partial charge is 0.290 e. The van der Waals surface area contributed by atoms with E-state index >= 15 is 0 Å². The van der Waals surface area contributed by atoms with Crippen molar-refractivity contribution in [3.05, 3.63) is 12.2 Å². The predicted molar refractivity (Wildman–Crippen MR) is 36.4 cm³/mol. The number of aliphatic imine (C=N–C) groups is 1. The van der Waals surface area contributed by atoms with E-state index in [1.807, 2.05) is 0 Å². The summed E-state index contributed by atoms with van der Waals surface area (Å²) < 4.78 is 0. The molecule has 1 nitrogen and oxygen atoms in total. The number of rotatable bonds is 0. The van der Waals surface area contributed by atoms with Gasteiger partial charge in [0.05, 0.1) is 6.54 Å². The summed E-state index contributed by atoms with van der Waals surface area (Å²) in [6.07, 6.45) is 6.64. The first-order chi connectivity index (χ1) is 3.89. The van der Waals surface area contributed by atoms with Gasteiger partial charge in [0.2, 0.25) is 0 Å². The van der Waals surface area contributed by atoms with Crippen LogP contribution in [-0.2, 0) is 0 Å². The van der Waals surface area contributed by atoms with Crippen LogP contribution in [0.15, 0.2) is 17.1 Å². The molecule has 0 bridgehead atoms. The lowest BCUT2D eigenvalue weighted by Crippen LogP contribution is -1.87. The van der Waals surface area contributed by atoms with Gasteiger partial charge in [-0.2, -0.15) is 0 Å². The van der Waals surface area contributed by atoms with Crippen molar-refractivity contribution in [1.82, 2.24) is 0 Å². The van der Waals surface area contributed by atoms with Crippen molar-refractivity contribution in [2.75, 3.05) is 6.54 Å². The van der Waals surface area contributed by atoms with Crippen molar-refractivity contribution in [3.63, 3.8) is 0 Å². The summed E-state index contributed by atoms with van der Waals surface area (Å²) in [5.74, 6) is 0. The van der Waals surface area contributed by atoms with Gasteiger partial charge in [0.15, 0.2) is 0 Å². The highest BCUT2D eigenvalue weighted by molar-refractivity contribution is 5.82. The van der Waals surface area contributed by atoms with Crippen LogP contribution in [0.3, 0.4) is 0 Å². The van der Waals surface area contributed by atoms with Gasteiger partial charge in [-0.3, -0.25) is 4.99 Å². The van der Waals surface area contributed by atoms with Crippen molar-refractivity contribution in [2.24, 2.45) is 4.99 Å². The third-order valence-electron chi connectivity index (χ3n) is 1.31. The molecule has 0 aromatic carbocycles. The molecule has 1 aliphatic rings. The van der Waals surface area contributed by atoms with E-state index in [1.54, 1.807) is 0 Å². The van der Waals surface area contributed by atoms with Crippen molar-refractivity contribution in [3.8, 4) is 0 Å². The van der Waals surface area contributed by atoms with Crippen LogP contribution in [0.5, 0.6) is 0 Å². The third kappa shape index (κ3) is 1.49. The van der Waals surface area contributed by atoms with Crippen molar-refractivity contribution < 1.29 is 0 Å². The first-order valence-electron chi connectivity index (χ1n) is 3.04. The van der Waals surface area contributed by atoms with E-state index < -0.39 is 0 Å². The smallest absolute Gasteiger partial charge is 0.0569 e. The molecule has 0 unspecified atom stereocenters. The van der Waals surface area contributed by atoms with Crippen LogP contribution in [0.2, 0.25) is 0 Å². The molecular formula is C7H11N. The van der Waals surface area contributed by atoms with Gasteiger partial charge in [0, 0.05) is 5.71 Å². The molecule has 0 N–H and O–H groups in total. The Bertz CT molecular complexity index is 122. The molecule has 0 saturated carbocycles. The Labute approximate surface area is 50.1 Å². The van der Waals surface area contributed by atoms with E-state index in [-0.39, 0.29) is 0 Å². The number of hydrogen-bond acceptors (Lipinski definition) is 1. The monoisotopic (exact) mass is 109 g/mol. The summed E-state index contributed by atoms with van der Waals surface area (Å²) in [7, 11) is 0. The zero-order valence-corrected chi connectivity index (χ0v) is 5.22. The zero-order valence-electron chi connectivity index (χ0n) is 5.22. The summed E-state index contributed by atoms with van der Waals surface area (Å²) in [4.78, 5) is 4.25. The fraction of sp³-hybridized carbons (Fsp3) is 0.571. The van der Waals surface area contributed by atoms with Crippen LogP contribution in [0.25, 0.3) is 0 Å². The van der Waals surface area contributed by atoms with E-state index in [1.165, 1.54) is 12.1 Å². The number of nitrogens with zero attached hydrogens (tertiary/aromatic N) is 1. The first kappa shape index (κ1) is 5.54. The standard InChI is InChI=1S/C7H11N/c1-7-5-3-2-4-6-8-7/h2,4H,3,5-6H2,1H3. The van der Waals surface area contributed by atoms with Crippen molar-refractivity contribution in [2.45, 2.75) is 19.8 Å². The molecule has 44 valence electrons. The van der Waals surface area contributed by atoms with Gasteiger partial charge in [-0.1, -0.05) is 12.2 Å².